The monoisotopic (exact) mass is 280 g/mol. The van der Waals surface area contributed by atoms with E-state index in [4.69, 9.17) is 5.26 Å². The van der Waals surface area contributed by atoms with Crippen molar-refractivity contribution in [1.29, 1.82) is 5.26 Å². The van der Waals surface area contributed by atoms with Crippen molar-refractivity contribution in [3.05, 3.63) is 71.2 Å². The molecular weight excluding hydrogens is 267 g/mol. The summed E-state index contributed by atoms with van der Waals surface area (Å²) in [6.45, 7) is 0.545. The number of nitrogens with zero attached hydrogens (tertiary/aromatic N) is 2. The van der Waals surface area contributed by atoms with Gasteiger partial charge in [0.05, 0.1) is 12.2 Å². The van der Waals surface area contributed by atoms with Crippen LogP contribution in [0.25, 0.3) is 10.9 Å². The fourth-order valence-corrected chi connectivity index (χ4v) is 2.52. The molecular formula is C17H13FN2O. The summed E-state index contributed by atoms with van der Waals surface area (Å²) in [5, 5.41) is 19.2. The van der Waals surface area contributed by atoms with Crippen LogP contribution in [0, 0.1) is 17.1 Å². The number of aliphatic hydroxyl groups is 1. The van der Waals surface area contributed by atoms with Gasteiger partial charge in [-0.1, -0.05) is 18.2 Å². The number of halogens is 1. The predicted molar refractivity (Wildman–Crippen MR) is 78.1 cm³/mol. The molecule has 0 spiro atoms. The maximum Gasteiger partial charge on any atom is 0.140 e. The smallest absolute Gasteiger partial charge is 0.140 e. The Hall–Kier alpha value is -2.64. The topological polar surface area (TPSA) is 49.0 Å². The lowest BCUT2D eigenvalue weighted by Gasteiger charge is -2.07. The number of aromatic nitrogens is 1. The zero-order chi connectivity index (χ0) is 14.8. The van der Waals surface area contributed by atoms with E-state index in [1.807, 2.05) is 41.1 Å². The largest absolute Gasteiger partial charge is 0.392 e. The Labute approximate surface area is 121 Å². The highest BCUT2D eigenvalue weighted by atomic mass is 19.1. The van der Waals surface area contributed by atoms with Gasteiger partial charge in [-0.3, -0.25) is 0 Å². The molecule has 0 saturated carbocycles. The third-order valence-corrected chi connectivity index (χ3v) is 3.58. The summed E-state index contributed by atoms with van der Waals surface area (Å²) in [5.74, 6) is -0.499. The molecule has 1 N–H and O–H groups in total. The van der Waals surface area contributed by atoms with Crippen molar-refractivity contribution in [2.45, 2.75) is 13.2 Å². The Kier molecular flexibility index (Phi) is 3.43. The quantitative estimate of drug-likeness (QED) is 0.801. The number of hydrogen-bond donors (Lipinski definition) is 1. The van der Waals surface area contributed by atoms with Gasteiger partial charge in [-0.15, -0.1) is 0 Å². The first-order valence-electron chi connectivity index (χ1n) is 6.59. The highest BCUT2D eigenvalue weighted by molar-refractivity contribution is 5.83. The molecule has 0 aliphatic carbocycles. The molecule has 2 aromatic carbocycles. The first kappa shape index (κ1) is 13.3. The van der Waals surface area contributed by atoms with Gasteiger partial charge in [-0.25, -0.2) is 4.39 Å². The van der Waals surface area contributed by atoms with Crippen LogP contribution in [-0.2, 0) is 13.2 Å². The van der Waals surface area contributed by atoms with Gasteiger partial charge in [-0.2, -0.15) is 5.26 Å². The second-order valence-electron chi connectivity index (χ2n) is 4.88. The third kappa shape index (κ3) is 2.39. The van der Waals surface area contributed by atoms with Gasteiger partial charge in [0.25, 0.3) is 0 Å². The summed E-state index contributed by atoms with van der Waals surface area (Å²) in [4.78, 5) is 0. The van der Waals surface area contributed by atoms with Crippen LogP contribution in [0.3, 0.4) is 0 Å². The average molecular weight is 280 g/mol. The van der Waals surface area contributed by atoms with E-state index in [2.05, 4.69) is 0 Å². The Bertz CT molecular complexity index is 846. The molecule has 0 aliphatic heterocycles. The minimum atomic E-state index is -0.499. The SMILES string of the molecule is N#Cc1cc(Cn2ccc3c(CO)cccc32)ccc1F. The zero-order valence-electron chi connectivity index (χ0n) is 11.3. The van der Waals surface area contributed by atoms with Crippen molar-refractivity contribution in [2.24, 2.45) is 0 Å². The molecule has 0 atom stereocenters. The van der Waals surface area contributed by atoms with Crippen LogP contribution < -0.4 is 0 Å². The van der Waals surface area contributed by atoms with Crippen molar-refractivity contribution in [3.63, 3.8) is 0 Å². The lowest BCUT2D eigenvalue weighted by atomic mass is 10.1. The minimum Gasteiger partial charge on any atom is -0.392 e. The highest BCUT2D eigenvalue weighted by Gasteiger charge is 2.07. The molecule has 0 fully saturated rings. The molecule has 0 radical (unpaired) electrons. The summed E-state index contributed by atoms with van der Waals surface area (Å²) >= 11 is 0. The molecule has 0 saturated heterocycles. The van der Waals surface area contributed by atoms with Gasteiger partial charge in [0.15, 0.2) is 0 Å². The molecule has 1 heterocycles. The number of benzene rings is 2. The maximum absolute atomic E-state index is 13.3. The summed E-state index contributed by atoms with van der Waals surface area (Å²) in [7, 11) is 0. The van der Waals surface area contributed by atoms with Crippen molar-refractivity contribution in [1.82, 2.24) is 4.57 Å². The molecule has 3 aromatic rings. The van der Waals surface area contributed by atoms with Gasteiger partial charge < -0.3 is 9.67 Å². The van der Waals surface area contributed by atoms with Crippen LogP contribution in [0.1, 0.15) is 16.7 Å². The molecule has 0 bridgehead atoms. The third-order valence-electron chi connectivity index (χ3n) is 3.58. The standard InChI is InChI=1S/C17H13FN2O/c18-16-5-4-12(8-14(16)9-19)10-20-7-6-15-13(11-21)2-1-3-17(15)20/h1-8,21H,10-11H2. The van der Waals surface area contributed by atoms with Crippen LogP contribution in [0.4, 0.5) is 4.39 Å². The fourth-order valence-electron chi connectivity index (χ4n) is 2.52. The highest BCUT2D eigenvalue weighted by Crippen LogP contribution is 2.22. The number of nitriles is 1. The molecule has 0 unspecified atom stereocenters. The molecule has 0 aliphatic rings. The van der Waals surface area contributed by atoms with Crippen LogP contribution in [0.15, 0.2) is 48.7 Å². The van der Waals surface area contributed by atoms with E-state index in [0.717, 1.165) is 22.0 Å². The van der Waals surface area contributed by atoms with Crippen LogP contribution in [-0.4, -0.2) is 9.67 Å². The normalized spacial score (nSPS) is 10.7. The van der Waals surface area contributed by atoms with Gasteiger partial charge in [0.2, 0.25) is 0 Å². The van der Waals surface area contributed by atoms with Crippen LogP contribution in [0.5, 0.6) is 0 Å². The van der Waals surface area contributed by atoms with Gasteiger partial charge in [-0.05, 0) is 35.4 Å². The lowest BCUT2D eigenvalue weighted by molar-refractivity contribution is 0.283. The number of hydrogen-bond acceptors (Lipinski definition) is 2. The summed E-state index contributed by atoms with van der Waals surface area (Å²) in [6, 6.07) is 14.1. The second-order valence-corrected chi connectivity index (χ2v) is 4.88. The fraction of sp³-hybridized carbons (Fsp3) is 0.118. The Morgan fingerprint density at radius 3 is 2.81 bits per heavy atom. The predicted octanol–water partition coefficient (Wildman–Crippen LogP) is 3.19. The van der Waals surface area contributed by atoms with E-state index in [0.29, 0.717) is 6.54 Å². The first-order chi connectivity index (χ1) is 10.2. The minimum absolute atomic E-state index is 0.00349. The molecule has 0 amide bonds. The van der Waals surface area contributed by atoms with Gasteiger partial charge in [0.1, 0.15) is 11.9 Å². The van der Waals surface area contributed by atoms with E-state index in [9.17, 15) is 9.50 Å². The first-order valence-corrected chi connectivity index (χ1v) is 6.59. The van der Waals surface area contributed by atoms with Crippen LogP contribution >= 0.6 is 0 Å². The summed E-state index contributed by atoms with van der Waals surface area (Å²) in [6.07, 6.45) is 1.93. The van der Waals surface area contributed by atoms with Gasteiger partial charge in [0, 0.05) is 23.6 Å². The molecule has 4 heteroatoms. The Morgan fingerprint density at radius 2 is 2.05 bits per heavy atom. The molecule has 1 aromatic heterocycles. The second kappa shape index (κ2) is 5.39. The lowest BCUT2D eigenvalue weighted by Crippen LogP contribution is -1.99. The number of aliphatic hydroxyl groups excluding tert-OH is 1. The molecule has 21 heavy (non-hydrogen) atoms. The molecule has 104 valence electrons. The van der Waals surface area contributed by atoms with E-state index in [-0.39, 0.29) is 12.2 Å². The molecule has 3 rings (SSSR count). The van der Waals surface area contributed by atoms with E-state index >= 15 is 0 Å². The average Bonchev–Trinajstić information content (AvgIpc) is 2.92. The zero-order valence-corrected chi connectivity index (χ0v) is 11.3. The van der Waals surface area contributed by atoms with E-state index in [1.165, 1.54) is 6.07 Å². The van der Waals surface area contributed by atoms with Crippen molar-refractivity contribution >= 4 is 10.9 Å². The Balaban J connectivity index is 2.01. The van der Waals surface area contributed by atoms with Crippen molar-refractivity contribution in [3.8, 4) is 6.07 Å². The van der Waals surface area contributed by atoms with Crippen LogP contribution in [0.2, 0.25) is 0 Å². The Morgan fingerprint density at radius 1 is 1.19 bits per heavy atom. The molecule has 3 nitrogen and oxygen atoms in total. The van der Waals surface area contributed by atoms with Crippen molar-refractivity contribution in [2.75, 3.05) is 0 Å². The van der Waals surface area contributed by atoms with E-state index < -0.39 is 5.82 Å². The maximum atomic E-state index is 13.3. The summed E-state index contributed by atoms with van der Waals surface area (Å²) in [5.41, 5.74) is 2.80. The number of fused-ring (bicyclic) bond motifs is 1. The summed E-state index contributed by atoms with van der Waals surface area (Å²) < 4.78 is 15.4. The van der Waals surface area contributed by atoms with Gasteiger partial charge >= 0.3 is 0 Å². The number of rotatable bonds is 3. The van der Waals surface area contributed by atoms with Crippen molar-refractivity contribution < 1.29 is 9.50 Å². The van der Waals surface area contributed by atoms with E-state index in [1.54, 1.807) is 12.1 Å².